The summed E-state index contributed by atoms with van der Waals surface area (Å²) in [5.41, 5.74) is 0. The molecule has 2 amide bonds. The van der Waals surface area contributed by atoms with Crippen molar-refractivity contribution in [1.29, 1.82) is 0 Å². The van der Waals surface area contributed by atoms with Crippen molar-refractivity contribution in [2.24, 2.45) is 5.92 Å². The molecule has 0 bridgehead atoms. The lowest BCUT2D eigenvalue weighted by Crippen LogP contribution is -2.53. The number of rotatable bonds is 4. The minimum absolute atomic E-state index is 0.186. The van der Waals surface area contributed by atoms with Crippen molar-refractivity contribution in [2.75, 3.05) is 26.2 Å². The summed E-state index contributed by atoms with van der Waals surface area (Å²) in [6.45, 7) is 2.87. The Bertz CT molecular complexity index is 408. The van der Waals surface area contributed by atoms with Crippen LogP contribution in [-0.2, 0) is 4.74 Å². The van der Waals surface area contributed by atoms with Gasteiger partial charge >= 0.3 is 6.03 Å². The van der Waals surface area contributed by atoms with Crippen LogP contribution in [0.2, 0.25) is 0 Å². The number of amides is 2. The summed E-state index contributed by atoms with van der Waals surface area (Å²) in [5, 5.41) is 0. The van der Waals surface area contributed by atoms with E-state index in [1.807, 2.05) is 9.80 Å². The third-order valence-electron chi connectivity index (χ3n) is 5.02. The molecule has 3 fully saturated rings. The van der Waals surface area contributed by atoms with Crippen LogP contribution in [0.4, 0.5) is 4.79 Å². The lowest BCUT2D eigenvalue weighted by molar-refractivity contribution is -0.0311. The fourth-order valence-electron chi connectivity index (χ4n) is 3.62. The summed E-state index contributed by atoms with van der Waals surface area (Å²) in [4.78, 5) is 17.0. The molecular weight excluding hydrogens is 264 g/mol. The largest absolute Gasteiger partial charge is 0.374 e. The Morgan fingerprint density at radius 3 is 2.71 bits per heavy atom. The van der Waals surface area contributed by atoms with Gasteiger partial charge in [-0.1, -0.05) is 12.8 Å². The molecule has 4 heteroatoms. The molecule has 1 heterocycles. The van der Waals surface area contributed by atoms with Crippen LogP contribution in [0.1, 0.15) is 44.9 Å². The summed E-state index contributed by atoms with van der Waals surface area (Å²) in [5.74, 6) is 3.37. The number of nitrogens with zero attached hydrogens (tertiary/aromatic N) is 2. The summed E-state index contributed by atoms with van der Waals surface area (Å²) in [7, 11) is 0. The second kappa shape index (κ2) is 6.70. The molecule has 1 saturated heterocycles. The van der Waals surface area contributed by atoms with Crippen molar-refractivity contribution in [2.45, 2.75) is 57.1 Å². The first-order valence-electron chi connectivity index (χ1n) is 8.40. The molecule has 1 atom stereocenters. The molecule has 0 N–H and O–H groups in total. The van der Waals surface area contributed by atoms with Gasteiger partial charge in [-0.3, -0.25) is 0 Å². The Balaban J connectivity index is 1.62. The second-order valence-electron chi connectivity index (χ2n) is 6.56. The Labute approximate surface area is 127 Å². The van der Waals surface area contributed by atoms with Gasteiger partial charge in [0.1, 0.15) is 0 Å². The minimum atomic E-state index is 0.186. The number of ether oxygens (including phenoxy) is 1. The maximum absolute atomic E-state index is 12.9. The molecule has 21 heavy (non-hydrogen) atoms. The number of carbonyl (C=O) groups excluding carboxylic acids is 1. The third kappa shape index (κ3) is 3.52. The van der Waals surface area contributed by atoms with Gasteiger partial charge in [0.15, 0.2) is 0 Å². The summed E-state index contributed by atoms with van der Waals surface area (Å²) in [6, 6.07) is 0.583. The zero-order chi connectivity index (χ0) is 14.7. The molecule has 3 aliphatic rings. The van der Waals surface area contributed by atoms with Gasteiger partial charge in [0, 0.05) is 32.1 Å². The van der Waals surface area contributed by atoms with E-state index in [1.165, 1.54) is 25.7 Å². The van der Waals surface area contributed by atoms with Crippen molar-refractivity contribution in [3.63, 3.8) is 0 Å². The zero-order valence-corrected chi connectivity index (χ0v) is 12.8. The Morgan fingerprint density at radius 2 is 2.05 bits per heavy atom. The predicted octanol–water partition coefficient (Wildman–Crippen LogP) is 2.49. The van der Waals surface area contributed by atoms with Crippen molar-refractivity contribution in [1.82, 2.24) is 9.80 Å². The Kier molecular flexibility index (Phi) is 4.70. The first-order valence-corrected chi connectivity index (χ1v) is 8.40. The van der Waals surface area contributed by atoms with Gasteiger partial charge in [-0.25, -0.2) is 4.79 Å². The van der Waals surface area contributed by atoms with Crippen molar-refractivity contribution in [3.05, 3.63) is 0 Å². The second-order valence-corrected chi connectivity index (χ2v) is 6.56. The van der Waals surface area contributed by atoms with Gasteiger partial charge in [-0.05, 0) is 31.6 Å². The number of urea groups is 1. The molecule has 116 valence electrons. The van der Waals surface area contributed by atoms with Gasteiger partial charge in [0.2, 0.25) is 0 Å². The van der Waals surface area contributed by atoms with Crippen LogP contribution in [0.3, 0.4) is 0 Å². The van der Waals surface area contributed by atoms with Gasteiger partial charge in [0.05, 0.1) is 12.7 Å². The van der Waals surface area contributed by atoms with E-state index in [-0.39, 0.29) is 12.1 Å². The van der Waals surface area contributed by atoms with Crippen LogP contribution in [0.5, 0.6) is 0 Å². The molecule has 0 aromatic heterocycles. The average molecular weight is 290 g/mol. The molecule has 0 aromatic rings. The van der Waals surface area contributed by atoms with E-state index in [2.05, 4.69) is 5.92 Å². The van der Waals surface area contributed by atoms with E-state index in [0.717, 1.165) is 25.9 Å². The molecule has 1 unspecified atom stereocenters. The normalized spacial score (nSPS) is 26.6. The fourth-order valence-corrected chi connectivity index (χ4v) is 3.62. The van der Waals surface area contributed by atoms with Crippen LogP contribution in [0.25, 0.3) is 0 Å². The number of morpholine rings is 1. The van der Waals surface area contributed by atoms with Gasteiger partial charge in [-0.15, -0.1) is 12.3 Å². The smallest absolute Gasteiger partial charge is 0.320 e. The van der Waals surface area contributed by atoms with Crippen molar-refractivity contribution < 1.29 is 9.53 Å². The molecule has 3 rings (SSSR count). The highest BCUT2D eigenvalue weighted by atomic mass is 16.5. The maximum Gasteiger partial charge on any atom is 0.320 e. The number of hydrogen-bond acceptors (Lipinski definition) is 2. The molecule has 1 aliphatic heterocycles. The van der Waals surface area contributed by atoms with Crippen LogP contribution in [0, 0.1) is 18.3 Å². The lowest BCUT2D eigenvalue weighted by Gasteiger charge is -2.38. The van der Waals surface area contributed by atoms with Crippen LogP contribution in [0.15, 0.2) is 0 Å². The summed E-state index contributed by atoms with van der Waals surface area (Å²) >= 11 is 0. The molecule has 2 aliphatic carbocycles. The summed E-state index contributed by atoms with van der Waals surface area (Å²) in [6.07, 6.45) is 13.6. The van der Waals surface area contributed by atoms with Gasteiger partial charge in [-0.2, -0.15) is 0 Å². The van der Waals surface area contributed by atoms with E-state index < -0.39 is 0 Å². The van der Waals surface area contributed by atoms with Crippen molar-refractivity contribution in [3.8, 4) is 12.3 Å². The Morgan fingerprint density at radius 1 is 1.29 bits per heavy atom. The van der Waals surface area contributed by atoms with Gasteiger partial charge < -0.3 is 14.5 Å². The molecule has 0 spiro atoms. The highest BCUT2D eigenvalue weighted by Gasteiger charge is 2.38. The van der Waals surface area contributed by atoms with E-state index >= 15 is 0 Å². The number of hydrogen-bond donors (Lipinski definition) is 0. The predicted molar refractivity (Wildman–Crippen MR) is 81.8 cm³/mol. The third-order valence-corrected chi connectivity index (χ3v) is 5.02. The standard InChI is InChI=1S/C17H26N2O2/c1-2-3-10-19(15-6-4-5-7-15)17(20)18-11-12-21-16(13-18)14-8-9-14/h1,14-16H,3-13H2. The monoisotopic (exact) mass is 290 g/mol. The Hall–Kier alpha value is -1.21. The topological polar surface area (TPSA) is 32.8 Å². The van der Waals surface area contributed by atoms with Gasteiger partial charge in [0.25, 0.3) is 0 Å². The highest BCUT2D eigenvalue weighted by Crippen LogP contribution is 2.36. The van der Waals surface area contributed by atoms with E-state index in [1.54, 1.807) is 0 Å². The fraction of sp³-hybridized carbons (Fsp3) is 0.824. The molecule has 0 radical (unpaired) electrons. The van der Waals surface area contributed by atoms with E-state index in [4.69, 9.17) is 11.2 Å². The lowest BCUT2D eigenvalue weighted by atomic mass is 10.1. The first kappa shape index (κ1) is 14.7. The first-order chi connectivity index (χ1) is 10.3. The minimum Gasteiger partial charge on any atom is -0.374 e. The molecule has 4 nitrogen and oxygen atoms in total. The van der Waals surface area contributed by atoms with Crippen molar-refractivity contribution >= 4 is 6.03 Å². The molecule has 0 aromatic carbocycles. The van der Waals surface area contributed by atoms with Crippen LogP contribution in [-0.4, -0.2) is 54.2 Å². The summed E-state index contributed by atoms with van der Waals surface area (Å²) < 4.78 is 5.82. The van der Waals surface area contributed by atoms with E-state index in [9.17, 15) is 4.79 Å². The van der Waals surface area contributed by atoms with Crippen LogP contribution >= 0.6 is 0 Å². The quantitative estimate of drug-likeness (QED) is 0.745. The SMILES string of the molecule is C#CCCN(C(=O)N1CCOC(C2CC2)C1)C1CCCC1. The molecule has 2 saturated carbocycles. The highest BCUT2D eigenvalue weighted by molar-refractivity contribution is 5.75. The van der Waals surface area contributed by atoms with Crippen LogP contribution < -0.4 is 0 Å². The zero-order valence-electron chi connectivity index (χ0n) is 12.8. The molecular formula is C17H26N2O2. The van der Waals surface area contributed by atoms with E-state index in [0.29, 0.717) is 31.5 Å². The number of terminal acetylenes is 1. The average Bonchev–Trinajstić information content (AvgIpc) is 3.24. The number of carbonyl (C=O) groups is 1. The maximum atomic E-state index is 12.9.